The third kappa shape index (κ3) is 2.75. The van der Waals surface area contributed by atoms with Crippen LogP contribution in [0.3, 0.4) is 0 Å². The first-order chi connectivity index (χ1) is 10.6. The summed E-state index contributed by atoms with van der Waals surface area (Å²) in [5.41, 5.74) is 1.77. The summed E-state index contributed by atoms with van der Waals surface area (Å²) in [4.78, 5) is 16.0. The molecule has 1 aromatic carbocycles. The third-order valence-corrected chi connectivity index (χ3v) is 4.89. The van der Waals surface area contributed by atoms with E-state index < -0.39 is 5.60 Å². The maximum absolute atomic E-state index is 11.9. The quantitative estimate of drug-likeness (QED) is 0.857. The lowest BCUT2D eigenvalue weighted by atomic mass is 9.88. The van der Waals surface area contributed by atoms with Crippen molar-refractivity contribution in [2.24, 2.45) is 0 Å². The number of ether oxygens (including phenoxy) is 1. The van der Waals surface area contributed by atoms with Gasteiger partial charge in [0.2, 0.25) is 0 Å². The highest BCUT2D eigenvalue weighted by molar-refractivity contribution is 5.74. The molecule has 0 radical (unpaired) electrons. The van der Waals surface area contributed by atoms with Crippen LogP contribution >= 0.6 is 0 Å². The van der Waals surface area contributed by atoms with Gasteiger partial charge in [-0.1, -0.05) is 36.9 Å². The van der Waals surface area contributed by atoms with Gasteiger partial charge in [0.05, 0.1) is 5.70 Å². The van der Waals surface area contributed by atoms with Gasteiger partial charge in [-0.25, -0.2) is 4.79 Å². The number of likely N-dealkylation sites (N-methyl/N-ethyl adjacent to an activating group) is 1. The molecule has 1 spiro atoms. The summed E-state index contributed by atoms with van der Waals surface area (Å²) in [7, 11) is 0. The van der Waals surface area contributed by atoms with E-state index in [0.29, 0.717) is 6.54 Å². The second kappa shape index (κ2) is 6.13. The number of likely N-dealkylation sites (tertiary alicyclic amines) is 1. The normalized spacial score (nSPS) is 21.4. The van der Waals surface area contributed by atoms with E-state index in [1.54, 1.807) is 4.90 Å². The number of nitrogens with zero attached hydrogens (tertiary/aromatic N) is 2. The van der Waals surface area contributed by atoms with Crippen LogP contribution in [0.25, 0.3) is 0 Å². The van der Waals surface area contributed by atoms with Crippen LogP contribution in [-0.4, -0.2) is 47.7 Å². The van der Waals surface area contributed by atoms with Gasteiger partial charge in [-0.05, 0) is 18.9 Å². The van der Waals surface area contributed by atoms with Crippen molar-refractivity contribution < 1.29 is 9.53 Å². The highest BCUT2D eigenvalue weighted by Crippen LogP contribution is 2.40. The Morgan fingerprint density at radius 1 is 1.23 bits per heavy atom. The Labute approximate surface area is 132 Å². The maximum atomic E-state index is 11.9. The summed E-state index contributed by atoms with van der Waals surface area (Å²) in [5, 5.41) is 0. The average Bonchev–Trinajstić information content (AvgIpc) is 2.78. The summed E-state index contributed by atoms with van der Waals surface area (Å²) in [6.45, 7) is 9.67. The monoisotopic (exact) mass is 300 g/mol. The van der Waals surface area contributed by atoms with Crippen LogP contribution in [0, 0.1) is 0 Å². The predicted molar refractivity (Wildman–Crippen MR) is 86.6 cm³/mol. The number of piperidine rings is 1. The van der Waals surface area contributed by atoms with Crippen LogP contribution in [0.15, 0.2) is 42.6 Å². The number of benzene rings is 1. The Balaban J connectivity index is 1.54. The Hall–Kier alpha value is -1.81. The number of hydrogen-bond donors (Lipinski definition) is 0. The van der Waals surface area contributed by atoms with Crippen molar-refractivity contribution in [3.05, 3.63) is 48.2 Å². The van der Waals surface area contributed by atoms with Crippen LogP contribution in [0.2, 0.25) is 0 Å². The van der Waals surface area contributed by atoms with Crippen molar-refractivity contribution in [3.8, 4) is 0 Å². The van der Waals surface area contributed by atoms with Gasteiger partial charge in [-0.15, -0.1) is 0 Å². The Morgan fingerprint density at radius 3 is 2.50 bits per heavy atom. The summed E-state index contributed by atoms with van der Waals surface area (Å²) in [6.07, 6.45) is 2.53. The first kappa shape index (κ1) is 15.1. The zero-order valence-corrected chi connectivity index (χ0v) is 13.3. The van der Waals surface area contributed by atoms with Crippen molar-refractivity contribution >= 4 is 6.09 Å². The van der Waals surface area contributed by atoms with Crippen molar-refractivity contribution in [2.75, 3.05) is 26.2 Å². The molecule has 2 saturated heterocycles. The molecule has 4 nitrogen and oxygen atoms in total. The van der Waals surface area contributed by atoms with Crippen molar-refractivity contribution in [1.82, 2.24) is 9.80 Å². The Bertz CT molecular complexity index is 547. The molecule has 2 aliphatic heterocycles. The van der Waals surface area contributed by atoms with E-state index >= 15 is 0 Å². The molecular weight excluding hydrogens is 276 g/mol. The molecule has 0 aromatic heterocycles. The van der Waals surface area contributed by atoms with Gasteiger partial charge in [-0.2, -0.15) is 0 Å². The van der Waals surface area contributed by atoms with Gasteiger partial charge < -0.3 is 9.64 Å². The van der Waals surface area contributed by atoms with E-state index in [-0.39, 0.29) is 6.09 Å². The molecule has 0 aliphatic carbocycles. The van der Waals surface area contributed by atoms with Gasteiger partial charge in [-0.3, -0.25) is 4.90 Å². The molecule has 1 aromatic rings. The van der Waals surface area contributed by atoms with Gasteiger partial charge in [0.15, 0.2) is 5.60 Å². The largest absolute Gasteiger partial charge is 0.436 e. The van der Waals surface area contributed by atoms with Gasteiger partial charge >= 0.3 is 6.09 Å². The molecule has 118 valence electrons. The van der Waals surface area contributed by atoms with Crippen LogP contribution in [0.5, 0.6) is 0 Å². The number of hydrogen-bond acceptors (Lipinski definition) is 3. The molecule has 4 heteroatoms. The molecule has 3 rings (SSSR count). The van der Waals surface area contributed by atoms with E-state index in [0.717, 1.165) is 44.6 Å². The van der Waals surface area contributed by atoms with E-state index in [4.69, 9.17) is 4.74 Å². The summed E-state index contributed by atoms with van der Waals surface area (Å²) in [6, 6.07) is 10.6. The molecule has 2 aliphatic rings. The molecule has 0 atom stereocenters. The standard InChI is InChI=1S/C18H24N2O2/c1-3-20-15(2)18(22-17(20)21)10-13-19(14-11-18)12-9-16-7-5-4-6-8-16/h4-8H,2-3,9-14H2,1H3. The fourth-order valence-corrected chi connectivity index (χ4v) is 3.42. The Morgan fingerprint density at radius 2 is 1.91 bits per heavy atom. The zero-order valence-electron chi connectivity index (χ0n) is 13.3. The van der Waals surface area contributed by atoms with Crippen LogP contribution in [0.4, 0.5) is 4.79 Å². The highest BCUT2D eigenvalue weighted by atomic mass is 16.6. The van der Waals surface area contributed by atoms with Crippen molar-refractivity contribution in [3.63, 3.8) is 0 Å². The van der Waals surface area contributed by atoms with Crippen LogP contribution in [-0.2, 0) is 11.2 Å². The molecule has 22 heavy (non-hydrogen) atoms. The molecular formula is C18H24N2O2. The lowest BCUT2D eigenvalue weighted by Gasteiger charge is -2.38. The second-order valence-corrected chi connectivity index (χ2v) is 6.13. The first-order valence-electron chi connectivity index (χ1n) is 8.11. The number of rotatable bonds is 4. The van der Waals surface area contributed by atoms with E-state index in [1.165, 1.54) is 5.56 Å². The molecule has 0 bridgehead atoms. The maximum Gasteiger partial charge on any atom is 0.415 e. The molecule has 0 N–H and O–H groups in total. The Kier molecular flexibility index (Phi) is 4.21. The SMILES string of the molecule is C=C1N(CC)C(=O)OC12CCN(CCc1ccccc1)CC2. The predicted octanol–water partition coefficient (Wildman–Crippen LogP) is 3.05. The molecule has 2 heterocycles. The number of carbonyl (C=O) groups excluding carboxylic acids is 1. The lowest BCUT2D eigenvalue weighted by Crippen LogP contribution is -2.46. The molecule has 2 fully saturated rings. The van der Waals surface area contributed by atoms with E-state index in [2.05, 4.69) is 35.7 Å². The van der Waals surface area contributed by atoms with Gasteiger partial charge in [0.1, 0.15) is 0 Å². The fourth-order valence-electron chi connectivity index (χ4n) is 3.42. The summed E-state index contributed by atoms with van der Waals surface area (Å²) < 4.78 is 5.68. The van der Waals surface area contributed by atoms with Crippen LogP contribution < -0.4 is 0 Å². The van der Waals surface area contributed by atoms with E-state index in [1.807, 2.05) is 13.0 Å². The van der Waals surface area contributed by atoms with Crippen molar-refractivity contribution in [2.45, 2.75) is 31.8 Å². The number of amides is 1. The smallest absolute Gasteiger partial charge is 0.415 e. The second-order valence-electron chi connectivity index (χ2n) is 6.13. The van der Waals surface area contributed by atoms with Crippen molar-refractivity contribution in [1.29, 1.82) is 0 Å². The minimum Gasteiger partial charge on any atom is -0.436 e. The number of carbonyl (C=O) groups is 1. The van der Waals surface area contributed by atoms with Gasteiger partial charge in [0, 0.05) is 39.0 Å². The summed E-state index contributed by atoms with van der Waals surface area (Å²) >= 11 is 0. The molecule has 1 amide bonds. The molecule has 0 saturated carbocycles. The summed E-state index contributed by atoms with van der Waals surface area (Å²) in [5.74, 6) is 0. The lowest BCUT2D eigenvalue weighted by molar-refractivity contribution is 0.0150. The third-order valence-electron chi connectivity index (χ3n) is 4.89. The zero-order chi connectivity index (χ0) is 15.6. The minimum atomic E-state index is -0.448. The fraction of sp³-hybridized carbons (Fsp3) is 0.500. The highest BCUT2D eigenvalue weighted by Gasteiger charge is 2.49. The topological polar surface area (TPSA) is 32.8 Å². The van der Waals surface area contributed by atoms with Gasteiger partial charge in [0.25, 0.3) is 0 Å². The average molecular weight is 300 g/mol. The van der Waals surface area contributed by atoms with Crippen LogP contribution in [0.1, 0.15) is 25.3 Å². The minimum absolute atomic E-state index is 0.231. The first-order valence-corrected chi connectivity index (χ1v) is 8.11. The van der Waals surface area contributed by atoms with E-state index in [9.17, 15) is 4.79 Å². The molecule has 0 unspecified atom stereocenters.